The van der Waals surface area contributed by atoms with Crippen LogP contribution in [0.15, 0.2) is 6.33 Å². The third kappa shape index (κ3) is 4.08. The van der Waals surface area contributed by atoms with E-state index in [9.17, 15) is 0 Å². The molecule has 4 heteroatoms. The van der Waals surface area contributed by atoms with Crippen molar-refractivity contribution in [2.45, 2.75) is 65.8 Å². The lowest BCUT2D eigenvalue weighted by Crippen LogP contribution is -2.30. The van der Waals surface area contributed by atoms with Gasteiger partial charge < -0.3 is 10.2 Å². The first-order valence-corrected chi connectivity index (χ1v) is 8.40. The Labute approximate surface area is 129 Å². The van der Waals surface area contributed by atoms with Crippen molar-refractivity contribution < 1.29 is 0 Å². The van der Waals surface area contributed by atoms with E-state index in [-0.39, 0.29) is 0 Å². The van der Waals surface area contributed by atoms with Crippen LogP contribution in [0.25, 0.3) is 0 Å². The van der Waals surface area contributed by atoms with Gasteiger partial charge in [-0.1, -0.05) is 27.7 Å². The Bertz CT molecular complexity index is 452. The molecule has 21 heavy (non-hydrogen) atoms. The average molecular weight is 290 g/mol. The summed E-state index contributed by atoms with van der Waals surface area (Å²) in [6.45, 7) is 13.2. The summed E-state index contributed by atoms with van der Waals surface area (Å²) in [5.74, 6) is 3.31. The van der Waals surface area contributed by atoms with Crippen LogP contribution >= 0.6 is 0 Å². The molecule has 0 unspecified atom stereocenters. The van der Waals surface area contributed by atoms with Gasteiger partial charge in [-0.15, -0.1) is 0 Å². The SMILES string of the molecule is CCNc1ncnc(N(CCC(C)C)C2CC2)c1C(C)C. The number of nitrogens with zero attached hydrogens (tertiary/aromatic N) is 3. The van der Waals surface area contributed by atoms with Gasteiger partial charge in [0.25, 0.3) is 0 Å². The Morgan fingerprint density at radius 3 is 2.48 bits per heavy atom. The minimum absolute atomic E-state index is 0.426. The summed E-state index contributed by atoms with van der Waals surface area (Å²) in [7, 11) is 0. The second kappa shape index (κ2) is 7.10. The van der Waals surface area contributed by atoms with E-state index < -0.39 is 0 Å². The average Bonchev–Trinajstić information content (AvgIpc) is 3.23. The van der Waals surface area contributed by atoms with Crippen LogP contribution < -0.4 is 10.2 Å². The normalized spacial score (nSPS) is 14.8. The lowest BCUT2D eigenvalue weighted by atomic mass is 10.0. The molecule has 2 rings (SSSR count). The maximum atomic E-state index is 4.66. The van der Waals surface area contributed by atoms with Crippen LogP contribution in [0.4, 0.5) is 11.6 Å². The quantitative estimate of drug-likeness (QED) is 0.784. The maximum absolute atomic E-state index is 4.66. The Hall–Kier alpha value is -1.32. The van der Waals surface area contributed by atoms with Gasteiger partial charge in [-0.25, -0.2) is 9.97 Å². The zero-order valence-electron chi connectivity index (χ0n) is 14.2. The number of rotatable bonds is 8. The predicted molar refractivity (Wildman–Crippen MR) is 90.1 cm³/mol. The van der Waals surface area contributed by atoms with E-state index in [1.54, 1.807) is 6.33 Å². The van der Waals surface area contributed by atoms with E-state index in [0.29, 0.717) is 12.0 Å². The van der Waals surface area contributed by atoms with Crippen molar-refractivity contribution in [1.29, 1.82) is 0 Å². The molecule has 1 N–H and O–H groups in total. The minimum atomic E-state index is 0.426. The molecule has 0 amide bonds. The molecule has 0 spiro atoms. The Morgan fingerprint density at radius 1 is 1.24 bits per heavy atom. The zero-order valence-corrected chi connectivity index (χ0v) is 14.2. The van der Waals surface area contributed by atoms with Crippen LogP contribution in [0.5, 0.6) is 0 Å². The van der Waals surface area contributed by atoms with Crippen LogP contribution in [-0.4, -0.2) is 29.1 Å². The molecule has 1 aliphatic carbocycles. The molecule has 1 heterocycles. The van der Waals surface area contributed by atoms with Crippen LogP contribution in [0.1, 0.15) is 65.4 Å². The Kier molecular flexibility index (Phi) is 5.43. The second-order valence-electron chi connectivity index (χ2n) is 6.75. The van der Waals surface area contributed by atoms with Gasteiger partial charge in [-0.2, -0.15) is 0 Å². The number of aromatic nitrogens is 2. The molecule has 0 bridgehead atoms. The van der Waals surface area contributed by atoms with E-state index in [2.05, 4.69) is 54.8 Å². The molecule has 1 fully saturated rings. The van der Waals surface area contributed by atoms with Crippen molar-refractivity contribution >= 4 is 11.6 Å². The van der Waals surface area contributed by atoms with E-state index in [1.165, 1.54) is 24.8 Å². The van der Waals surface area contributed by atoms with E-state index in [4.69, 9.17) is 0 Å². The van der Waals surface area contributed by atoms with Crippen molar-refractivity contribution in [2.24, 2.45) is 5.92 Å². The lowest BCUT2D eigenvalue weighted by Gasteiger charge is -2.28. The minimum Gasteiger partial charge on any atom is -0.370 e. The predicted octanol–water partition coefficient (Wildman–Crippen LogP) is 4.05. The molecule has 1 aromatic heterocycles. The third-order valence-corrected chi connectivity index (χ3v) is 3.99. The van der Waals surface area contributed by atoms with Gasteiger partial charge in [-0.05, 0) is 38.0 Å². The fourth-order valence-electron chi connectivity index (χ4n) is 2.70. The summed E-state index contributed by atoms with van der Waals surface area (Å²) in [5, 5.41) is 3.40. The lowest BCUT2D eigenvalue weighted by molar-refractivity contribution is 0.566. The molecular formula is C17H30N4. The molecule has 0 atom stereocenters. The molecule has 1 aromatic rings. The number of anilines is 2. The molecule has 0 radical (unpaired) electrons. The van der Waals surface area contributed by atoms with Gasteiger partial charge in [0.1, 0.15) is 18.0 Å². The first-order chi connectivity index (χ1) is 10.0. The Balaban J connectivity index is 2.32. The maximum Gasteiger partial charge on any atom is 0.137 e. The highest BCUT2D eigenvalue weighted by molar-refractivity contribution is 5.61. The first kappa shape index (κ1) is 16.1. The molecule has 1 saturated carbocycles. The molecule has 0 aromatic carbocycles. The molecule has 0 saturated heterocycles. The smallest absolute Gasteiger partial charge is 0.137 e. The van der Waals surface area contributed by atoms with E-state index in [0.717, 1.165) is 30.6 Å². The molecular weight excluding hydrogens is 260 g/mol. The molecule has 0 aliphatic heterocycles. The summed E-state index contributed by atoms with van der Waals surface area (Å²) in [6.07, 6.45) is 5.53. The van der Waals surface area contributed by atoms with Crippen LogP contribution in [0, 0.1) is 5.92 Å². The third-order valence-electron chi connectivity index (χ3n) is 3.99. The highest BCUT2D eigenvalue weighted by Gasteiger charge is 2.32. The standard InChI is InChI=1S/C17H30N4/c1-6-18-16-15(13(4)5)17(20-11-19-16)21(14-7-8-14)10-9-12(2)3/h11-14H,6-10H2,1-5H3,(H,18,19,20). The molecule has 118 valence electrons. The fraction of sp³-hybridized carbons (Fsp3) is 0.765. The topological polar surface area (TPSA) is 41.1 Å². The molecule has 1 aliphatic rings. The van der Waals surface area contributed by atoms with E-state index >= 15 is 0 Å². The van der Waals surface area contributed by atoms with E-state index in [1.807, 2.05) is 0 Å². The van der Waals surface area contributed by atoms with Crippen LogP contribution in [-0.2, 0) is 0 Å². The van der Waals surface area contributed by atoms with Gasteiger partial charge in [0.05, 0.1) is 0 Å². The van der Waals surface area contributed by atoms with Gasteiger partial charge in [0.2, 0.25) is 0 Å². The van der Waals surface area contributed by atoms with Gasteiger partial charge in [-0.3, -0.25) is 0 Å². The highest BCUT2D eigenvalue weighted by atomic mass is 15.2. The fourth-order valence-corrected chi connectivity index (χ4v) is 2.70. The number of nitrogens with one attached hydrogen (secondary N) is 1. The van der Waals surface area contributed by atoms with Crippen molar-refractivity contribution in [1.82, 2.24) is 9.97 Å². The van der Waals surface area contributed by atoms with Crippen molar-refractivity contribution in [2.75, 3.05) is 23.3 Å². The van der Waals surface area contributed by atoms with Crippen LogP contribution in [0.3, 0.4) is 0 Å². The molecule has 4 nitrogen and oxygen atoms in total. The van der Waals surface area contributed by atoms with Crippen molar-refractivity contribution in [3.05, 3.63) is 11.9 Å². The first-order valence-electron chi connectivity index (χ1n) is 8.40. The zero-order chi connectivity index (χ0) is 15.4. The van der Waals surface area contributed by atoms with Crippen molar-refractivity contribution in [3.63, 3.8) is 0 Å². The highest BCUT2D eigenvalue weighted by Crippen LogP contribution is 2.37. The van der Waals surface area contributed by atoms with Gasteiger partial charge in [0.15, 0.2) is 0 Å². The number of hydrogen-bond donors (Lipinski definition) is 1. The monoisotopic (exact) mass is 290 g/mol. The van der Waals surface area contributed by atoms with Crippen LogP contribution in [0.2, 0.25) is 0 Å². The summed E-state index contributed by atoms with van der Waals surface area (Å²) in [6, 6.07) is 0.686. The summed E-state index contributed by atoms with van der Waals surface area (Å²) < 4.78 is 0. The van der Waals surface area contributed by atoms with Gasteiger partial charge >= 0.3 is 0 Å². The summed E-state index contributed by atoms with van der Waals surface area (Å²) in [5.41, 5.74) is 1.27. The second-order valence-corrected chi connectivity index (χ2v) is 6.75. The van der Waals surface area contributed by atoms with Gasteiger partial charge in [0, 0.05) is 24.7 Å². The largest absolute Gasteiger partial charge is 0.370 e. The number of hydrogen-bond acceptors (Lipinski definition) is 4. The Morgan fingerprint density at radius 2 is 1.95 bits per heavy atom. The summed E-state index contributed by atoms with van der Waals surface area (Å²) in [4.78, 5) is 11.6. The van der Waals surface area contributed by atoms with Crippen molar-refractivity contribution in [3.8, 4) is 0 Å². The summed E-state index contributed by atoms with van der Waals surface area (Å²) >= 11 is 0.